The number of nitriles is 3. The first kappa shape index (κ1) is 36.8. The van der Waals surface area contributed by atoms with Gasteiger partial charge in [0.15, 0.2) is 23.3 Å². The van der Waals surface area contributed by atoms with Gasteiger partial charge in [-0.3, -0.25) is 0 Å². The highest BCUT2D eigenvalue weighted by atomic mass is 19.2. The Bertz CT molecular complexity index is 3430. The van der Waals surface area contributed by atoms with Crippen LogP contribution in [-0.4, -0.2) is 9.13 Å². The number of aromatic nitrogens is 2. The van der Waals surface area contributed by atoms with Crippen molar-refractivity contribution in [2.24, 2.45) is 0 Å². The van der Waals surface area contributed by atoms with Crippen LogP contribution in [0.3, 0.4) is 0 Å². The monoisotopic (exact) mass is 801 g/mol. The molecule has 0 saturated carbocycles. The zero-order chi connectivity index (χ0) is 42.1. The number of fused-ring (bicyclic) bond motifs is 6. The molecule has 288 valence electrons. The van der Waals surface area contributed by atoms with Crippen molar-refractivity contribution in [3.8, 4) is 63.0 Å². The third-order valence-electron chi connectivity index (χ3n) is 11.3. The Morgan fingerprint density at radius 1 is 0.361 bits per heavy atom. The third-order valence-corrected chi connectivity index (χ3v) is 11.3. The Balaban J connectivity index is 1.38. The van der Waals surface area contributed by atoms with E-state index in [4.69, 9.17) is 0 Å². The van der Waals surface area contributed by atoms with Crippen LogP contribution < -0.4 is 0 Å². The summed E-state index contributed by atoms with van der Waals surface area (Å²) in [5, 5.41) is 34.3. The van der Waals surface area contributed by atoms with Crippen LogP contribution in [0, 0.1) is 63.1 Å². The molecule has 0 fully saturated rings. The standard InChI is InChI=1S/C51H24F5N5/c52-47-46(48(53)50(55)51(56)49(47)54)32-23-44(60-40-15-7-5-13-35(40)37-19-17-28(21-42(37)60)33-11-3-1-9-30(33)25-57)39(27-59)45(24-32)61-41-16-8-6-14-36(41)38-20-18-29(22-43(38)61)34-12-4-2-10-31(34)26-58/h1-24H. The van der Waals surface area contributed by atoms with Gasteiger partial charge in [0, 0.05) is 21.5 Å². The van der Waals surface area contributed by atoms with Gasteiger partial charge in [0.05, 0.1) is 62.3 Å². The molecule has 10 heteroatoms. The van der Waals surface area contributed by atoms with Crippen LogP contribution >= 0.6 is 0 Å². The minimum atomic E-state index is -2.30. The van der Waals surface area contributed by atoms with Crippen molar-refractivity contribution in [2.45, 2.75) is 0 Å². The Morgan fingerprint density at radius 2 is 0.754 bits per heavy atom. The molecule has 0 aliphatic carbocycles. The highest BCUT2D eigenvalue weighted by molar-refractivity contribution is 6.12. The van der Waals surface area contributed by atoms with Gasteiger partial charge in [0.2, 0.25) is 5.82 Å². The summed E-state index contributed by atoms with van der Waals surface area (Å²) >= 11 is 0. The first-order valence-electron chi connectivity index (χ1n) is 18.9. The molecule has 0 saturated heterocycles. The van der Waals surface area contributed by atoms with Crippen molar-refractivity contribution in [1.82, 2.24) is 9.13 Å². The third kappa shape index (κ3) is 5.49. The van der Waals surface area contributed by atoms with Crippen LogP contribution in [0.2, 0.25) is 0 Å². The van der Waals surface area contributed by atoms with E-state index in [9.17, 15) is 20.2 Å². The zero-order valence-electron chi connectivity index (χ0n) is 31.5. The second kappa shape index (κ2) is 14.1. The smallest absolute Gasteiger partial charge is 0.200 e. The van der Waals surface area contributed by atoms with E-state index in [-0.39, 0.29) is 22.5 Å². The average molecular weight is 802 g/mol. The maximum absolute atomic E-state index is 16.0. The second-order valence-corrected chi connectivity index (χ2v) is 14.4. The highest BCUT2D eigenvalue weighted by Crippen LogP contribution is 2.43. The van der Waals surface area contributed by atoms with Crippen molar-refractivity contribution >= 4 is 43.6 Å². The summed E-state index contributed by atoms with van der Waals surface area (Å²) in [6.07, 6.45) is 0. The predicted molar refractivity (Wildman–Crippen MR) is 225 cm³/mol. The Hall–Kier alpha value is -8.52. The number of rotatable bonds is 5. The van der Waals surface area contributed by atoms with E-state index in [1.54, 1.807) is 69.8 Å². The predicted octanol–water partition coefficient (Wildman–Crippen LogP) is 13.2. The summed E-state index contributed by atoms with van der Waals surface area (Å²) in [6, 6.07) is 49.3. The quantitative estimate of drug-likeness (QED) is 0.0987. The van der Waals surface area contributed by atoms with Crippen molar-refractivity contribution in [3.63, 3.8) is 0 Å². The molecule has 0 aliphatic heterocycles. The summed E-state index contributed by atoms with van der Waals surface area (Å²) in [7, 11) is 0. The fraction of sp³-hybridized carbons (Fsp3) is 0. The molecule has 0 aliphatic rings. The van der Waals surface area contributed by atoms with Gasteiger partial charge in [-0.1, -0.05) is 97.1 Å². The molecule has 0 bridgehead atoms. The van der Waals surface area contributed by atoms with Gasteiger partial charge < -0.3 is 9.13 Å². The van der Waals surface area contributed by atoms with E-state index < -0.39 is 34.6 Å². The van der Waals surface area contributed by atoms with Crippen LogP contribution in [0.1, 0.15) is 16.7 Å². The number of halogens is 5. The molecule has 0 radical (unpaired) electrons. The van der Waals surface area contributed by atoms with E-state index in [0.717, 1.165) is 21.5 Å². The number of hydrogen-bond donors (Lipinski definition) is 0. The lowest BCUT2D eigenvalue weighted by molar-refractivity contribution is 0.381. The molecule has 10 aromatic rings. The summed E-state index contributed by atoms with van der Waals surface area (Å²) < 4.78 is 80.2. The number of nitrogens with zero attached hydrogens (tertiary/aromatic N) is 5. The normalized spacial score (nSPS) is 11.3. The molecule has 2 heterocycles. The molecule has 8 aromatic carbocycles. The molecule has 0 spiro atoms. The average Bonchev–Trinajstić information content (AvgIpc) is 3.81. The van der Waals surface area contributed by atoms with Crippen LogP contribution in [0.15, 0.2) is 146 Å². The molecule has 0 atom stereocenters. The molecular formula is C51H24F5N5. The molecular weight excluding hydrogens is 778 g/mol. The van der Waals surface area contributed by atoms with Crippen LogP contribution in [-0.2, 0) is 0 Å². The maximum Gasteiger partial charge on any atom is 0.200 e. The van der Waals surface area contributed by atoms with Crippen molar-refractivity contribution in [2.75, 3.05) is 0 Å². The fourth-order valence-corrected chi connectivity index (χ4v) is 8.54. The van der Waals surface area contributed by atoms with Crippen LogP contribution in [0.25, 0.3) is 88.4 Å². The van der Waals surface area contributed by atoms with E-state index in [1.165, 1.54) is 12.1 Å². The lowest BCUT2D eigenvalue weighted by Crippen LogP contribution is -2.08. The van der Waals surface area contributed by atoms with E-state index in [0.29, 0.717) is 55.4 Å². The van der Waals surface area contributed by atoms with Crippen LogP contribution in [0.4, 0.5) is 22.0 Å². The van der Waals surface area contributed by atoms with E-state index in [1.807, 2.05) is 72.8 Å². The molecule has 5 nitrogen and oxygen atoms in total. The minimum Gasteiger partial charge on any atom is -0.308 e. The molecule has 0 amide bonds. The van der Waals surface area contributed by atoms with Crippen molar-refractivity contribution in [3.05, 3.63) is 191 Å². The number of para-hydroxylation sites is 2. The summed E-state index contributed by atoms with van der Waals surface area (Å²) in [4.78, 5) is 0. The summed E-state index contributed by atoms with van der Waals surface area (Å²) in [5.74, 6) is -10.6. The van der Waals surface area contributed by atoms with Gasteiger partial charge >= 0.3 is 0 Å². The zero-order valence-corrected chi connectivity index (χ0v) is 31.5. The molecule has 61 heavy (non-hydrogen) atoms. The Kier molecular flexibility index (Phi) is 8.50. The van der Waals surface area contributed by atoms with Crippen molar-refractivity contribution < 1.29 is 22.0 Å². The summed E-state index contributed by atoms with van der Waals surface area (Å²) in [5.41, 5.74) is 4.33. The topological polar surface area (TPSA) is 81.2 Å². The SMILES string of the molecule is N#Cc1ccccc1-c1ccc2c3ccccc3n(-c3cc(-c4c(F)c(F)c(F)c(F)c4F)cc(-n4c5ccccc5c5ccc(-c6ccccc6C#N)cc54)c3C#N)c2c1. The second-order valence-electron chi connectivity index (χ2n) is 14.4. The van der Waals surface area contributed by atoms with Crippen molar-refractivity contribution in [1.29, 1.82) is 15.8 Å². The first-order valence-corrected chi connectivity index (χ1v) is 18.9. The minimum absolute atomic E-state index is 0.0172. The van der Waals surface area contributed by atoms with Gasteiger partial charge in [-0.05, 0) is 76.3 Å². The highest BCUT2D eigenvalue weighted by Gasteiger charge is 2.30. The fourth-order valence-electron chi connectivity index (χ4n) is 8.54. The van der Waals surface area contributed by atoms with Gasteiger partial charge in [0.1, 0.15) is 11.6 Å². The number of benzene rings is 8. The van der Waals surface area contributed by atoms with E-state index in [2.05, 4.69) is 18.2 Å². The molecule has 0 N–H and O–H groups in total. The lowest BCUT2D eigenvalue weighted by atomic mass is 9.97. The lowest BCUT2D eigenvalue weighted by Gasteiger charge is -2.19. The van der Waals surface area contributed by atoms with E-state index >= 15 is 17.6 Å². The maximum atomic E-state index is 16.0. The molecule has 10 rings (SSSR count). The Labute approximate surface area is 343 Å². The Morgan fingerprint density at radius 3 is 1.20 bits per heavy atom. The number of hydrogen-bond acceptors (Lipinski definition) is 3. The summed E-state index contributed by atoms with van der Waals surface area (Å²) in [6.45, 7) is 0. The van der Waals surface area contributed by atoms with Gasteiger partial charge in [0.25, 0.3) is 0 Å². The molecule has 0 unspecified atom stereocenters. The van der Waals surface area contributed by atoms with Crippen LogP contribution in [0.5, 0.6) is 0 Å². The van der Waals surface area contributed by atoms with Gasteiger partial charge in [-0.25, -0.2) is 22.0 Å². The van der Waals surface area contributed by atoms with Gasteiger partial charge in [-0.15, -0.1) is 0 Å². The molecule has 2 aromatic heterocycles. The van der Waals surface area contributed by atoms with Gasteiger partial charge in [-0.2, -0.15) is 15.8 Å². The first-order chi connectivity index (χ1) is 29.7. The largest absolute Gasteiger partial charge is 0.308 e.